The molecular weight excluding hydrogens is 218 g/mol. The first-order valence-electron chi connectivity index (χ1n) is 5.29. The van der Waals surface area contributed by atoms with Crippen LogP contribution in [0.15, 0.2) is 24.3 Å². The lowest BCUT2D eigenvalue weighted by molar-refractivity contribution is 0.112. The minimum absolute atomic E-state index is 0.196. The molecule has 0 saturated heterocycles. The molecule has 5 nitrogen and oxygen atoms in total. The van der Waals surface area contributed by atoms with Crippen LogP contribution in [0.1, 0.15) is 17.3 Å². The van der Waals surface area contributed by atoms with Gasteiger partial charge in [-0.2, -0.15) is 5.10 Å². The average molecular weight is 231 g/mol. The quantitative estimate of drug-likeness (QED) is 0.787. The normalized spacial score (nSPS) is 10.2. The number of rotatable bonds is 4. The van der Waals surface area contributed by atoms with E-state index in [9.17, 15) is 4.79 Å². The standard InChI is InChI=1S/C12H13N3O2/c1-2-17-10-6-4-3-5-8(10)11-9(7-16)12(13)15-14-11/h3-7H,2H2,1H3,(H3,13,14,15). The number of nitrogens with two attached hydrogens (primary N) is 1. The van der Waals surface area contributed by atoms with E-state index in [1.54, 1.807) is 0 Å². The SMILES string of the molecule is CCOc1ccccc1-c1[nH]nc(N)c1C=O. The number of aromatic amines is 1. The maximum Gasteiger partial charge on any atom is 0.156 e. The first kappa shape index (κ1) is 11.2. The number of carbonyl (C=O) groups excluding carboxylic acids is 1. The Morgan fingerprint density at radius 2 is 2.24 bits per heavy atom. The molecule has 88 valence electrons. The van der Waals surface area contributed by atoms with Crippen LogP contribution in [0.3, 0.4) is 0 Å². The highest BCUT2D eigenvalue weighted by molar-refractivity contribution is 5.92. The Balaban J connectivity index is 2.55. The van der Waals surface area contributed by atoms with Crippen LogP contribution in [0.2, 0.25) is 0 Å². The molecule has 1 heterocycles. The third-order valence-electron chi connectivity index (χ3n) is 2.41. The molecule has 0 saturated carbocycles. The number of benzene rings is 1. The summed E-state index contributed by atoms with van der Waals surface area (Å²) in [5.74, 6) is 0.892. The van der Waals surface area contributed by atoms with E-state index in [0.29, 0.717) is 29.9 Å². The van der Waals surface area contributed by atoms with Crippen molar-refractivity contribution in [3.05, 3.63) is 29.8 Å². The number of hydrogen-bond donors (Lipinski definition) is 2. The molecule has 0 unspecified atom stereocenters. The van der Waals surface area contributed by atoms with E-state index in [1.165, 1.54) is 0 Å². The van der Waals surface area contributed by atoms with Crippen LogP contribution in [0, 0.1) is 0 Å². The highest BCUT2D eigenvalue weighted by Crippen LogP contribution is 2.31. The van der Waals surface area contributed by atoms with E-state index in [0.717, 1.165) is 5.56 Å². The Kier molecular flexibility index (Phi) is 3.09. The Hall–Kier alpha value is -2.30. The summed E-state index contributed by atoms with van der Waals surface area (Å²) in [6, 6.07) is 7.42. The molecule has 5 heteroatoms. The van der Waals surface area contributed by atoms with Crippen molar-refractivity contribution < 1.29 is 9.53 Å². The number of aromatic nitrogens is 2. The van der Waals surface area contributed by atoms with E-state index in [-0.39, 0.29) is 5.82 Å². The molecule has 1 aromatic heterocycles. The monoisotopic (exact) mass is 231 g/mol. The highest BCUT2D eigenvalue weighted by Gasteiger charge is 2.15. The van der Waals surface area contributed by atoms with Gasteiger partial charge in [0.15, 0.2) is 12.1 Å². The van der Waals surface area contributed by atoms with Gasteiger partial charge in [-0.05, 0) is 19.1 Å². The number of hydrogen-bond acceptors (Lipinski definition) is 4. The second kappa shape index (κ2) is 4.69. The van der Waals surface area contributed by atoms with Gasteiger partial charge in [-0.3, -0.25) is 9.89 Å². The van der Waals surface area contributed by atoms with E-state index in [1.807, 2.05) is 31.2 Å². The van der Waals surface area contributed by atoms with Gasteiger partial charge in [0.1, 0.15) is 5.75 Å². The Morgan fingerprint density at radius 3 is 2.94 bits per heavy atom. The first-order chi connectivity index (χ1) is 8.27. The van der Waals surface area contributed by atoms with Crippen LogP contribution in [-0.2, 0) is 0 Å². The predicted molar refractivity (Wildman–Crippen MR) is 65.0 cm³/mol. The summed E-state index contributed by atoms with van der Waals surface area (Å²) in [5.41, 5.74) is 7.32. The topological polar surface area (TPSA) is 81.0 Å². The minimum atomic E-state index is 0.196. The van der Waals surface area contributed by atoms with E-state index in [4.69, 9.17) is 10.5 Å². The number of nitrogens with one attached hydrogen (secondary N) is 1. The van der Waals surface area contributed by atoms with Gasteiger partial charge in [-0.25, -0.2) is 0 Å². The lowest BCUT2D eigenvalue weighted by Gasteiger charge is -2.08. The summed E-state index contributed by atoms with van der Waals surface area (Å²) in [6.45, 7) is 2.45. The fraction of sp³-hybridized carbons (Fsp3) is 0.167. The number of para-hydroxylation sites is 1. The molecule has 0 fully saturated rings. The highest BCUT2D eigenvalue weighted by atomic mass is 16.5. The molecule has 2 aromatic rings. The summed E-state index contributed by atoms with van der Waals surface area (Å²) in [4.78, 5) is 11.0. The smallest absolute Gasteiger partial charge is 0.156 e. The molecule has 1 aromatic carbocycles. The molecule has 0 aliphatic carbocycles. The average Bonchev–Trinajstić information content (AvgIpc) is 2.71. The van der Waals surface area contributed by atoms with Crippen molar-refractivity contribution in [3.63, 3.8) is 0 Å². The molecule has 0 radical (unpaired) electrons. The fourth-order valence-electron chi connectivity index (χ4n) is 1.64. The van der Waals surface area contributed by atoms with Crippen LogP contribution in [0.25, 0.3) is 11.3 Å². The zero-order valence-electron chi connectivity index (χ0n) is 9.43. The molecule has 2 rings (SSSR count). The Labute approximate surface area is 98.6 Å². The predicted octanol–water partition coefficient (Wildman–Crippen LogP) is 1.87. The van der Waals surface area contributed by atoms with Crippen molar-refractivity contribution >= 4 is 12.1 Å². The number of anilines is 1. The molecule has 0 bridgehead atoms. The number of nitrogens with zero attached hydrogens (tertiary/aromatic N) is 1. The molecule has 0 atom stereocenters. The van der Waals surface area contributed by atoms with Gasteiger partial charge in [0.25, 0.3) is 0 Å². The Morgan fingerprint density at radius 1 is 1.47 bits per heavy atom. The maximum absolute atomic E-state index is 11.0. The van der Waals surface area contributed by atoms with E-state index >= 15 is 0 Å². The number of H-pyrrole nitrogens is 1. The molecule has 0 spiro atoms. The fourth-order valence-corrected chi connectivity index (χ4v) is 1.64. The molecule has 0 aliphatic rings. The molecule has 0 aliphatic heterocycles. The maximum atomic E-state index is 11.0. The first-order valence-corrected chi connectivity index (χ1v) is 5.29. The molecular formula is C12H13N3O2. The summed E-state index contributed by atoms with van der Waals surface area (Å²) in [6.07, 6.45) is 0.691. The second-order valence-electron chi connectivity index (χ2n) is 3.44. The zero-order valence-corrected chi connectivity index (χ0v) is 9.43. The van der Waals surface area contributed by atoms with Crippen molar-refractivity contribution in [2.24, 2.45) is 0 Å². The van der Waals surface area contributed by atoms with Gasteiger partial charge < -0.3 is 10.5 Å². The number of aldehydes is 1. The van der Waals surface area contributed by atoms with Gasteiger partial charge in [0, 0.05) is 5.56 Å². The molecule has 0 amide bonds. The van der Waals surface area contributed by atoms with Crippen molar-refractivity contribution in [1.82, 2.24) is 10.2 Å². The number of carbonyl (C=O) groups is 1. The third kappa shape index (κ3) is 1.99. The van der Waals surface area contributed by atoms with Gasteiger partial charge in [0.05, 0.1) is 17.9 Å². The van der Waals surface area contributed by atoms with Crippen LogP contribution in [0.5, 0.6) is 5.75 Å². The van der Waals surface area contributed by atoms with Crippen molar-refractivity contribution in [1.29, 1.82) is 0 Å². The van der Waals surface area contributed by atoms with E-state index < -0.39 is 0 Å². The van der Waals surface area contributed by atoms with Crippen molar-refractivity contribution in [2.45, 2.75) is 6.92 Å². The lowest BCUT2D eigenvalue weighted by Crippen LogP contribution is -1.96. The summed E-state index contributed by atoms with van der Waals surface area (Å²) in [5, 5.41) is 6.58. The van der Waals surface area contributed by atoms with Crippen LogP contribution in [-0.4, -0.2) is 23.1 Å². The minimum Gasteiger partial charge on any atom is -0.493 e. The summed E-state index contributed by atoms with van der Waals surface area (Å²) in [7, 11) is 0. The largest absolute Gasteiger partial charge is 0.493 e. The Bertz CT molecular complexity index is 534. The van der Waals surface area contributed by atoms with Gasteiger partial charge in [-0.1, -0.05) is 12.1 Å². The van der Waals surface area contributed by atoms with Crippen LogP contribution >= 0.6 is 0 Å². The van der Waals surface area contributed by atoms with Crippen LogP contribution in [0.4, 0.5) is 5.82 Å². The van der Waals surface area contributed by atoms with Crippen molar-refractivity contribution in [2.75, 3.05) is 12.3 Å². The lowest BCUT2D eigenvalue weighted by atomic mass is 10.1. The van der Waals surface area contributed by atoms with Gasteiger partial charge >= 0.3 is 0 Å². The van der Waals surface area contributed by atoms with E-state index in [2.05, 4.69) is 10.2 Å². The number of nitrogen functional groups attached to an aromatic ring is 1. The summed E-state index contributed by atoms with van der Waals surface area (Å²) < 4.78 is 5.50. The van der Waals surface area contributed by atoms with Crippen LogP contribution < -0.4 is 10.5 Å². The van der Waals surface area contributed by atoms with Gasteiger partial charge in [-0.15, -0.1) is 0 Å². The van der Waals surface area contributed by atoms with Gasteiger partial charge in [0.2, 0.25) is 0 Å². The summed E-state index contributed by atoms with van der Waals surface area (Å²) >= 11 is 0. The number of ether oxygens (including phenoxy) is 1. The van der Waals surface area contributed by atoms with Crippen molar-refractivity contribution in [3.8, 4) is 17.0 Å². The third-order valence-corrected chi connectivity index (χ3v) is 2.41. The molecule has 3 N–H and O–H groups in total. The molecule has 17 heavy (non-hydrogen) atoms. The zero-order chi connectivity index (χ0) is 12.3. The second-order valence-corrected chi connectivity index (χ2v) is 3.44.